The fourth-order valence-corrected chi connectivity index (χ4v) is 3.82. The highest BCUT2D eigenvalue weighted by molar-refractivity contribution is 5.92. The summed E-state index contributed by atoms with van der Waals surface area (Å²) in [5.41, 5.74) is 3.54. The van der Waals surface area contributed by atoms with Crippen LogP contribution in [0.3, 0.4) is 0 Å². The van der Waals surface area contributed by atoms with Crippen molar-refractivity contribution >= 4 is 11.8 Å². The number of piperidine rings is 1. The number of amides is 2. The smallest absolute Gasteiger partial charge is 0.272 e. The lowest BCUT2D eigenvalue weighted by atomic mass is 9.94. The van der Waals surface area contributed by atoms with E-state index in [-0.39, 0.29) is 23.8 Å². The number of rotatable bonds is 4. The van der Waals surface area contributed by atoms with Gasteiger partial charge in [-0.1, -0.05) is 6.07 Å². The van der Waals surface area contributed by atoms with E-state index in [1.54, 1.807) is 23.2 Å². The molecule has 1 N–H and O–H groups in total. The van der Waals surface area contributed by atoms with Gasteiger partial charge in [-0.3, -0.25) is 19.3 Å². The fourth-order valence-electron chi connectivity index (χ4n) is 3.82. The van der Waals surface area contributed by atoms with Crippen molar-refractivity contribution in [3.63, 3.8) is 0 Å². The van der Waals surface area contributed by atoms with Crippen molar-refractivity contribution in [3.05, 3.63) is 47.0 Å². The third-order valence-corrected chi connectivity index (χ3v) is 5.39. The molecule has 1 unspecified atom stereocenters. The third-order valence-electron chi connectivity index (χ3n) is 5.39. The van der Waals surface area contributed by atoms with E-state index in [4.69, 9.17) is 0 Å². The fraction of sp³-hybridized carbons (Fsp3) is 0.500. The average molecular weight is 369 g/mol. The van der Waals surface area contributed by atoms with Crippen molar-refractivity contribution in [2.24, 2.45) is 13.0 Å². The number of nitrogens with zero attached hydrogens (tertiary/aromatic N) is 4. The van der Waals surface area contributed by atoms with Crippen molar-refractivity contribution in [3.8, 4) is 0 Å². The molecular weight excluding hydrogens is 342 g/mol. The number of carbonyl (C=O) groups excluding carboxylic acids is 2. The van der Waals surface area contributed by atoms with Crippen molar-refractivity contribution in [1.29, 1.82) is 0 Å². The molecule has 0 radical (unpaired) electrons. The molecule has 0 saturated carbocycles. The van der Waals surface area contributed by atoms with Crippen LogP contribution >= 0.6 is 0 Å². The molecule has 0 aliphatic carbocycles. The van der Waals surface area contributed by atoms with Crippen LogP contribution in [0.25, 0.3) is 0 Å². The molecule has 1 aliphatic heterocycles. The summed E-state index contributed by atoms with van der Waals surface area (Å²) in [7, 11) is 1.91. The van der Waals surface area contributed by atoms with E-state index < -0.39 is 0 Å². The number of nitrogens with one attached hydrogen (secondary N) is 1. The van der Waals surface area contributed by atoms with Gasteiger partial charge in [-0.15, -0.1) is 0 Å². The summed E-state index contributed by atoms with van der Waals surface area (Å²) >= 11 is 0. The Balaban J connectivity index is 1.56. The van der Waals surface area contributed by atoms with E-state index in [1.165, 1.54) is 0 Å². The second-order valence-corrected chi connectivity index (χ2v) is 7.22. The van der Waals surface area contributed by atoms with Crippen LogP contribution < -0.4 is 5.32 Å². The zero-order valence-electron chi connectivity index (χ0n) is 16.4. The molecule has 27 heavy (non-hydrogen) atoms. The number of carbonyl (C=O) groups is 2. The Hall–Kier alpha value is -2.70. The van der Waals surface area contributed by atoms with E-state index in [1.807, 2.05) is 38.6 Å². The SMILES string of the molecule is Cc1nn(C)c(C)c1C(C)NC(=O)C1CCN(C(=O)c2ccccn2)CC1. The minimum Gasteiger partial charge on any atom is -0.349 e. The molecule has 7 nitrogen and oxygen atoms in total. The van der Waals surface area contributed by atoms with Crippen LogP contribution in [0.5, 0.6) is 0 Å². The zero-order valence-corrected chi connectivity index (χ0v) is 16.4. The first-order valence-electron chi connectivity index (χ1n) is 9.39. The number of hydrogen-bond acceptors (Lipinski definition) is 4. The van der Waals surface area contributed by atoms with Crippen LogP contribution in [-0.4, -0.2) is 44.6 Å². The number of aromatic nitrogens is 3. The van der Waals surface area contributed by atoms with E-state index in [2.05, 4.69) is 15.4 Å². The Bertz CT molecular complexity index is 822. The number of pyridine rings is 1. The van der Waals surface area contributed by atoms with E-state index >= 15 is 0 Å². The normalized spacial score (nSPS) is 16.2. The van der Waals surface area contributed by atoms with E-state index in [0.717, 1.165) is 17.0 Å². The van der Waals surface area contributed by atoms with Crippen LogP contribution in [-0.2, 0) is 11.8 Å². The Morgan fingerprint density at radius 1 is 1.22 bits per heavy atom. The first kappa shape index (κ1) is 19.1. The average Bonchev–Trinajstić information content (AvgIpc) is 2.93. The van der Waals surface area contributed by atoms with Gasteiger partial charge in [0.05, 0.1) is 11.7 Å². The van der Waals surface area contributed by atoms with E-state index in [9.17, 15) is 9.59 Å². The maximum absolute atomic E-state index is 12.7. The van der Waals surface area contributed by atoms with Gasteiger partial charge in [-0.2, -0.15) is 5.10 Å². The van der Waals surface area contributed by atoms with Crippen LogP contribution in [0.15, 0.2) is 24.4 Å². The van der Waals surface area contributed by atoms with Gasteiger partial charge in [0.15, 0.2) is 0 Å². The molecule has 3 heterocycles. The lowest BCUT2D eigenvalue weighted by molar-refractivity contribution is -0.127. The van der Waals surface area contributed by atoms with Gasteiger partial charge < -0.3 is 10.2 Å². The van der Waals surface area contributed by atoms with Crippen LogP contribution in [0.1, 0.15) is 53.2 Å². The molecule has 7 heteroatoms. The molecular formula is C20H27N5O2. The van der Waals surface area contributed by atoms with Gasteiger partial charge in [0.2, 0.25) is 5.91 Å². The molecule has 0 aromatic carbocycles. The highest BCUT2D eigenvalue weighted by atomic mass is 16.2. The topological polar surface area (TPSA) is 80.1 Å². The van der Waals surface area contributed by atoms with Crippen LogP contribution in [0.2, 0.25) is 0 Å². The summed E-state index contributed by atoms with van der Waals surface area (Å²) in [6.45, 7) is 7.13. The number of likely N-dealkylation sites (tertiary alicyclic amines) is 1. The molecule has 2 aromatic heterocycles. The molecule has 0 bridgehead atoms. The summed E-state index contributed by atoms with van der Waals surface area (Å²) in [5.74, 6) is -0.0861. The molecule has 1 fully saturated rings. The van der Waals surface area contributed by atoms with Crippen molar-refractivity contribution in [1.82, 2.24) is 25.0 Å². The van der Waals surface area contributed by atoms with Gasteiger partial charge in [0, 0.05) is 43.5 Å². The van der Waals surface area contributed by atoms with Crippen LogP contribution in [0, 0.1) is 19.8 Å². The molecule has 3 rings (SSSR count). The monoisotopic (exact) mass is 369 g/mol. The summed E-state index contributed by atoms with van der Waals surface area (Å²) in [6.07, 6.45) is 2.96. The lowest BCUT2D eigenvalue weighted by Gasteiger charge is -2.31. The second-order valence-electron chi connectivity index (χ2n) is 7.22. The minimum absolute atomic E-state index is 0.0510. The standard InChI is InChI=1S/C20H27N5O2/c1-13(18-14(2)23-24(4)15(18)3)22-19(26)16-8-11-25(12-9-16)20(27)17-7-5-6-10-21-17/h5-7,10,13,16H,8-9,11-12H2,1-4H3,(H,22,26). The maximum atomic E-state index is 12.7. The highest BCUT2D eigenvalue weighted by Crippen LogP contribution is 2.23. The maximum Gasteiger partial charge on any atom is 0.272 e. The predicted molar refractivity (Wildman–Crippen MR) is 102 cm³/mol. The van der Waals surface area contributed by atoms with Crippen molar-refractivity contribution < 1.29 is 9.59 Å². The second kappa shape index (κ2) is 7.90. The summed E-state index contributed by atoms with van der Waals surface area (Å²) in [6, 6.07) is 5.24. The summed E-state index contributed by atoms with van der Waals surface area (Å²) < 4.78 is 1.84. The van der Waals surface area contributed by atoms with E-state index in [0.29, 0.717) is 31.6 Å². The Morgan fingerprint density at radius 2 is 1.93 bits per heavy atom. The van der Waals surface area contributed by atoms with Gasteiger partial charge >= 0.3 is 0 Å². The first-order chi connectivity index (χ1) is 12.9. The quantitative estimate of drug-likeness (QED) is 0.896. The zero-order chi connectivity index (χ0) is 19.6. The van der Waals surface area contributed by atoms with Gasteiger partial charge in [-0.25, -0.2) is 0 Å². The molecule has 1 saturated heterocycles. The Labute approximate surface area is 159 Å². The minimum atomic E-state index is -0.0839. The molecule has 144 valence electrons. The van der Waals surface area contributed by atoms with Crippen LogP contribution in [0.4, 0.5) is 0 Å². The van der Waals surface area contributed by atoms with Gasteiger partial charge in [0.1, 0.15) is 5.69 Å². The van der Waals surface area contributed by atoms with Crippen molar-refractivity contribution in [2.75, 3.05) is 13.1 Å². The van der Waals surface area contributed by atoms with Gasteiger partial charge in [0.25, 0.3) is 5.91 Å². The summed E-state index contributed by atoms with van der Waals surface area (Å²) in [4.78, 5) is 31.1. The molecule has 2 amide bonds. The lowest BCUT2D eigenvalue weighted by Crippen LogP contribution is -2.43. The largest absolute Gasteiger partial charge is 0.349 e. The Kier molecular flexibility index (Phi) is 5.58. The number of hydrogen-bond donors (Lipinski definition) is 1. The number of aryl methyl sites for hydroxylation is 2. The van der Waals surface area contributed by atoms with Gasteiger partial charge in [-0.05, 0) is 45.7 Å². The van der Waals surface area contributed by atoms with Crippen molar-refractivity contribution in [2.45, 2.75) is 39.7 Å². The summed E-state index contributed by atoms with van der Waals surface area (Å²) in [5, 5.41) is 7.55. The Morgan fingerprint density at radius 3 is 2.48 bits per heavy atom. The predicted octanol–water partition coefficient (Wildman–Crippen LogP) is 2.16. The third kappa shape index (κ3) is 4.02. The highest BCUT2D eigenvalue weighted by Gasteiger charge is 2.29. The molecule has 2 aromatic rings. The molecule has 1 atom stereocenters. The molecule has 0 spiro atoms. The first-order valence-corrected chi connectivity index (χ1v) is 9.39. The molecule has 1 aliphatic rings.